The van der Waals surface area contributed by atoms with E-state index in [-0.39, 0.29) is 0 Å². The van der Waals surface area contributed by atoms with Gasteiger partial charge in [-0.1, -0.05) is 19.9 Å². The van der Waals surface area contributed by atoms with E-state index in [1.54, 1.807) is 7.11 Å². The summed E-state index contributed by atoms with van der Waals surface area (Å²) in [5.41, 5.74) is 2.89. The average molecular weight is 247 g/mol. The number of rotatable bonds is 3. The van der Waals surface area contributed by atoms with Gasteiger partial charge in [0.05, 0.1) is 12.8 Å². The molecule has 0 aromatic heterocycles. The molecule has 0 amide bonds. The molecule has 18 heavy (non-hydrogen) atoms. The molecule has 0 spiro atoms. The number of ether oxygens (including phenoxy) is 1. The third kappa shape index (κ3) is 3.18. The summed E-state index contributed by atoms with van der Waals surface area (Å²) in [5.74, 6) is 0.958. The summed E-state index contributed by atoms with van der Waals surface area (Å²) in [6.07, 6.45) is 5.12. The largest absolute Gasteiger partial charge is 0.495 e. The Kier molecular flexibility index (Phi) is 3.84. The molecule has 2 rings (SSSR count). The zero-order valence-electron chi connectivity index (χ0n) is 12.0. The van der Waals surface area contributed by atoms with Crippen LogP contribution in [0.4, 0.5) is 5.69 Å². The second-order valence-electron chi connectivity index (χ2n) is 6.29. The van der Waals surface area contributed by atoms with Crippen LogP contribution in [0.5, 0.6) is 5.75 Å². The molecule has 1 aromatic rings. The quantitative estimate of drug-likeness (QED) is 0.855. The number of hydrogen-bond acceptors (Lipinski definition) is 2. The lowest BCUT2D eigenvalue weighted by atomic mass is 9.75. The SMILES string of the molecule is COc1cc(C)ccc1NC1CCC(C)(C)CC1. The van der Waals surface area contributed by atoms with E-state index in [0.717, 1.165) is 11.4 Å². The first-order chi connectivity index (χ1) is 8.50. The fraction of sp³-hybridized carbons (Fsp3) is 0.625. The summed E-state index contributed by atoms with van der Waals surface area (Å²) in [6.45, 7) is 6.83. The monoisotopic (exact) mass is 247 g/mol. The van der Waals surface area contributed by atoms with Crippen molar-refractivity contribution in [1.29, 1.82) is 0 Å². The van der Waals surface area contributed by atoms with E-state index < -0.39 is 0 Å². The van der Waals surface area contributed by atoms with Crippen molar-refractivity contribution in [2.45, 2.75) is 52.5 Å². The molecule has 1 saturated carbocycles. The van der Waals surface area contributed by atoms with Crippen molar-refractivity contribution < 1.29 is 4.74 Å². The van der Waals surface area contributed by atoms with E-state index in [4.69, 9.17) is 4.74 Å². The van der Waals surface area contributed by atoms with Gasteiger partial charge in [-0.15, -0.1) is 0 Å². The fourth-order valence-corrected chi connectivity index (χ4v) is 2.68. The predicted molar refractivity (Wildman–Crippen MR) is 77.4 cm³/mol. The molecule has 1 N–H and O–H groups in total. The third-order valence-electron chi connectivity index (χ3n) is 4.06. The van der Waals surface area contributed by atoms with Gasteiger partial charge in [-0.25, -0.2) is 0 Å². The minimum Gasteiger partial charge on any atom is -0.495 e. The second-order valence-corrected chi connectivity index (χ2v) is 6.29. The first kappa shape index (κ1) is 13.3. The zero-order valence-corrected chi connectivity index (χ0v) is 12.0. The summed E-state index contributed by atoms with van der Waals surface area (Å²) in [6, 6.07) is 6.95. The Morgan fingerprint density at radius 1 is 1.22 bits per heavy atom. The maximum atomic E-state index is 5.45. The van der Waals surface area contributed by atoms with E-state index in [1.807, 2.05) is 0 Å². The van der Waals surface area contributed by atoms with Crippen molar-refractivity contribution in [3.8, 4) is 5.75 Å². The number of nitrogens with one attached hydrogen (secondary N) is 1. The molecular formula is C16H25NO. The standard InChI is InChI=1S/C16H25NO/c1-12-5-6-14(15(11-12)18-4)17-13-7-9-16(2,3)10-8-13/h5-6,11,13,17H,7-10H2,1-4H3. The Morgan fingerprint density at radius 2 is 1.89 bits per heavy atom. The van der Waals surface area contributed by atoms with Crippen molar-refractivity contribution in [3.63, 3.8) is 0 Å². The van der Waals surface area contributed by atoms with Crippen molar-refractivity contribution >= 4 is 5.69 Å². The molecule has 0 atom stereocenters. The van der Waals surface area contributed by atoms with Crippen LogP contribution in [-0.2, 0) is 0 Å². The average Bonchev–Trinajstić information content (AvgIpc) is 2.34. The van der Waals surface area contributed by atoms with E-state index in [9.17, 15) is 0 Å². The molecule has 0 heterocycles. The Hall–Kier alpha value is -1.18. The lowest BCUT2D eigenvalue weighted by molar-refractivity contribution is 0.232. The van der Waals surface area contributed by atoms with Crippen molar-refractivity contribution in [2.75, 3.05) is 12.4 Å². The minimum atomic E-state index is 0.523. The van der Waals surface area contributed by atoms with Gasteiger partial charge < -0.3 is 10.1 Å². The van der Waals surface area contributed by atoms with Gasteiger partial charge in [0.2, 0.25) is 0 Å². The molecule has 0 saturated heterocycles. The molecule has 2 heteroatoms. The van der Waals surface area contributed by atoms with Crippen LogP contribution in [0.15, 0.2) is 18.2 Å². The second kappa shape index (κ2) is 5.21. The smallest absolute Gasteiger partial charge is 0.142 e. The van der Waals surface area contributed by atoms with Crippen LogP contribution < -0.4 is 10.1 Å². The summed E-state index contributed by atoms with van der Waals surface area (Å²) >= 11 is 0. The number of hydrogen-bond donors (Lipinski definition) is 1. The van der Waals surface area contributed by atoms with E-state index in [2.05, 4.69) is 44.3 Å². The van der Waals surface area contributed by atoms with Gasteiger partial charge in [-0.3, -0.25) is 0 Å². The van der Waals surface area contributed by atoms with Crippen LogP contribution in [0.25, 0.3) is 0 Å². The van der Waals surface area contributed by atoms with Gasteiger partial charge in [0.15, 0.2) is 0 Å². The zero-order chi connectivity index (χ0) is 13.2. The topological polar surface area (TPSA) is 21.3 Å². The van der Waals surface area contributed by atoms with Crippen LogP contribution in [0.3, 0.4) is 0 Å². The van der Waals surface area contributed by atoms with E-state index in [1.165, 1.54) is 31.2 Å². The van der Waals surface area contributed by atoms with Crippen LogP contribution in [0, 0.1) is 12.3 Å². The molecule has 0 unspecified atom stereocenters. The van der Waals surface area contributed by atoms with Crippen LogP contribution >= 0.6 is 0 Å². The summed E-state index contributed by atoms with van der Waals surface area (Å²) < 4.78 is 5.45. The van der Waals surface area contributed by atoms with E-state index in [0.29, 0.717) is 11.5 Å². The van der Waals surface area contributed by atoms with Gasteiger partial charge in [-0.2, -0.15) is 0 Å². The van der Waals surface area contributed by atoms with Crippen molar-refractivity contribution in [1.82, 2.24) is 0 Å². The first-order valence-corrected chi connectivity index (χ1v) is 6.91. The predicted octanol–water partition coefficient (Wildman–Crippen LogP) is 4.38. The molecule has 1 fully saturated rings. The van der Waals surface area contributed by atoms with Gasteiger partial charge in [0, 0.05) is 6.04 Å². The van der Waals surface area contributed by atoms with Crippen LogP contribution in [-0.4, -0.2) is 13.2 Å². The lowest BCUT2D eigenvalue weighted by Crippen LogP contribution is -2.29. The van der Waals surface area contributed by atoms with Gasteiger partial charge >= 0.3 is 0 Å². The maximum Gasteiger partial charge on any atom is 0.142 e. The molecule has 1 aliphatic rings. The van der Waals surface area contributed by atoms with Gasteiger partial charge in [-0.05, 0) is 55.7 Å². The number of methoxy groups -OCH3 is 1. The summed E-state index contributed by atoms with van der Waals surface area (Å²) in [7, 11) is 1.74. The van der Waals surface area contributed by atoms with Crippen molar-refractivity contribution in [3.05, 3.63) is 23.8 Å². The van der Waals surface area contributed by atoms with Crippen molar-refractivity contribution in [2.24, 2.45) is 5.41 Å². The highest BCUT2D eigenvalue weighted by Gasteiger charge is 2.26. The first-order valence-electron chi connectivity index (χ1n) is 6.91. The van der Waals surface area contributed by atoms with Gasteiger partial charge in [0.1, 0.15) is 5.75 Å². The van der Waals surface area contributed by atoms with Crippen LogP contribution in [0.1, 0.15) is 45.1 Å². The molecule has 2 nitrogen and oxygen atoms in total. The highest BCUT2D eigenvalue weighted by atomic mass is 16.5. The normalized spacial score (nSPS) is 19.6. The number of benzene rings is 1. The van der Waals surface area contributed by atoms with E-state index >= 15 is 0 Å². The van der Waals surface area contributed by atoms with Gasteiger partial charge in [0.25, 0.3) is 0 Å². The summed E-state index contributed by atoms with van der Waals surface area (Å²) in [5, 5.41) is 3.64. The maximum absolute atomic E-state index is 5.45. The molecule has 1 aliphatic carbocycles. The molecular weight excluding hydrogens is 222 g/mol. The molecule has 0 bridgehead atoms. The molecule has 0 radical (unpaired) electrons. The highest BCUT2D eigenvalue weighted by molar-refractivity contribution is 5.58. The lowest BCUT2D eigenvalue weighted by Gasteiger charge is -2.35. The number of anilines is 1. The Labute approximate surface area is 111 Å². The fourth-order valence-electron chi connectivity index (χ4n) is 2.68. The Balaban J connectivity index is 2.02. The summed E-state index contributed by atoms with van der Waals surface area (Å²) in [4.78, 5) is 0. The Morgan fingerprint density at radius 3 is 2.50 bits per heavy atom. The minimum absolute atomic E-state index is 0.523. The highest BCUT2D eigenvalue weighted by Crippen LogP contribution is 2.37. The van der Waals surface area contributed by atoms with Crippen LogP contribution in [0.2, 0.25) is 0 Å². The Bertz CT molecular complexity index is 402. The molecule has 0 aliphatic heterocycles. The number of aryl methyl sites for hydroxylation is 1. The molecule has 100 valence electrons. The third-order valence-corrected chi connectivity index (χ3v) is 4.06. The molecule has 1 aromatic carbocycles.